The van der Waals surface area contributed by atoms with Crippen LogP contribution in [0.4, 0.5) is 0 Å². The van der Waals surface area contributed by atoms with Crippen LogP contribution >= 0.6 is 0 Å². The van der Waals surface area contributed by atoms with Gasteiger partial charge in [0.1, 0.15) is 0 Å². The molecule has 0 spiro atoms. The molecule has 102 valence electrons. The highest BCUT2D eigenvalue weighted by Crippen LogP contribution is 2.10. The molecular weight excluding hydrogens is 252 g/mol. The van der Waals surface area contributed by atoms with Crippen LogP contribution in [0.5, 0.6) is 0 Å². The van der Waals surface area contributed by atoms with Gasteiger partial charge in [0, 0.05) is 13.1 Å². The predicted octanol–water partition coefficient (Wildman–Crippen LogP) is 3.44. The third-order valence-corrected chi connectivity index (χ3v) is 2.86. The Morgan fingerprint density at radius 1 is 0.900 bits per heavy atom. The minimum absolute atomic E-state index is 0.441. The maximum absolute atomic E-state index is 10.5. The summed E-state index contributed by atoms with van der Waals surface area (Å²) in [5.74, 6) is 0. The predicted molar refractivity (Wildman–Crippen MR) is 78.3 cm³/mol. The van der Waals surface area contributed by atoms with Crippen LogP contribution in [0.3, 0.4) is 0 Å². The molecule has 0 atom stereocenters. The van der Waals surface area contributed by atoms with Crippen molar-refractivity contribution in [3.63, 3.8) is 0 Å². The molecule has 0 saturated carbocycles. The van der Waals surface area contributed by atoms with Crippen molar-refractivity contribution in [1.82, 2.24) is 4.90 Å². The normalized spacial score (nSPS) is 10.6. The van der Waals surface area contributed by atoms with Crippen molar-refractivity contribution in [3.8, 4) is 0 Å². The molecule has 2 aromatic rings. The molecule has 0 saturated heterocycles. The first-order chi connectivity index (χ1) is 9.74. The summed E-state index contributed by atoms with van der Waals surface area (Å²) in [6.07, 6.45) is 2.51. The van der Waals surface area contributed by atoms with Crippen LogP contribution in [0.25, 0.3) is 0 Å². The molecule has 0 fully saturated rings. The van der Waals surface area contributed by atoms with Crippen molar-refractivity contribution < 1.29 is 4.92 Å². The Morgan fingerprint density at radius 2 is 1.35 bits per heavy atom. The Morgan fingerprint density at radius 3 is 1.75 bits per heavy atom. The largest absolute Gasteiger partial charge is 0.364 e. The maximum atomic E-state index is 10.5. The topological polar surface area (TPSA) is 46.4 Å². The molecule has 2 rings (SSSR count). The summed E-state index contributed by atoms with van der Waals surface area (Å²) in [6.45, 7) is 1.28. The van der Waals surface area contributed by atoms with E-state index >= 15 is 0 Å². The lowest BCUT2D eigenvalue weighted by Gasteiger charge is -2.19. The first-order valence-corrected chi connectivity index (χ1v) is 6.38. The highest BCUT2D eigenvalue weighted by atomic mass is 16.6. The molecule has 0 aliphatic rings. The van der Waals surface area contributed by atoms with Crippen molar-refractivity contribution in [1.29, 1.82) is 0 Å². The van der Waals surface area contributed by atoms with Crippen molar-refractivity contribution in [2.75, 3.05) is 0 Å². The van der Waals surface area contributed by atoms with Gasteiger partial charge in [-0.25, -0.2) is 0 Å². The van der Waals surface area contributed by atoms with E-state index in [1.807, 2.05) is 65.6 Å². The summed E-state index contributed by atoms with van der Waals surface area (Å²) in [4.78, 5) is 12.0. The fourth-order valence-electron chi connectivity index (χ4n) is 1.95. The molecule has 0 bridgehead atoms. The van der Waals surface area contributed by atoms with E-state index in [1.54, 1.807) is 0 Å². The molecule has 4 heteroatoms. The van der Waals surface area contributed by atoms with Crippen LogP contribution in [-0.2, 0) is 13.1 Å². The minimum Gasteiger partial charge on any atom is -0.364 e. The van der Waals surface area contributed by atoms with Crippen LogP contribution in [0.1, 0.15) is 11.1 Å². The van der Waals surface area contributed by atoms with E-state index in [9.17, 15) is 10.1 Å². The van der Waals surface area contributed by atoms with Crippen molar-refractivity contribution in [3.05, 3.63) is 94.3 Å². The Bertz CT molecular complexity index is 526. The van der Waals surface area contributed by atoms with Crippen LogP contribution in [-0.4, -0.2) is 9.82 Å². The Kier molecular flexibility index (Phi) is 4.89. The summed E-state index contributed by atoms with van der Waals surface area (Å²) >= 11 is 0. The maximum Gasteiger partial charge on any atom is 0.250 e. The zero-order chi connectivity index (χ0) is 14.2. The lowest BCUT2D eigenvalue weighted by Crippen LogP contribution is -2.16. The number of hydrogen-bond donors (Lipinski definition) is 0. The molecule has 0 aromatic heterocycles. The van der Waals surface area contributed by atoms with Gasteiger partial charge in [-0.15, -0.1) is 0 Å². The van der Waals surface area contributed by atoms with Gasteiger partial charge < -0.3 is 4.90 Å². The standard InChI is InChI=1S/C16H16N2O2/c19-18(20)12-11-17(13-15-7-3-1-4-8-15)14-16-9-5-2-6-10-16/h1-12H,13-14H2. The summed E-state index contributed by atoms with van der Waals surface area (Å²) in [7, 11) is 0. The Hall–Kier alpha value is -2.62. The van der Waals surface area contributed by atoms with Gasteiger partial charge in [0.25, 0.3) is 0 Å². The molecule has 0 radical (unpaired) electrons. The average molecular weight is 268 g/mol. The fraction of sp³-hybridized carbons (Fsp3) is 0.125. The second-order valence-electron chi connectivity index (χ2n) is 4.46. The van der Waals surface area contributed by atoms with Gasteiger partial charge in [0.05, 0.1) is 11.1 Å². The van der Waals surface area contributed by atoms with E-state index in [0.29, 0.717) is 13.1 Å². The van der Waals surface area contributed by atoms with E-state index in [1.165, 1.54) is 6.20 Å². The SMILES string of the molecule is O=[N+]([O-])C=CN(Cc1ccccc1)Cc1ccccc1. The zero-order valence-electron chi connectivity index (χ0n) is 11.1. The third kappa shape index (κ3) is 4.57. The van der Waals surface area contributed by atoms with Crippen molar-refractivity contribution in [2.24, 2.45) is 0 Å². The number of rotatable bonds is 6. The van der Waals surface area contributed by atoms with E-state index in [0.717, 1.165) is 17.3 Å². The van der Waals surface area contributed by atoms with Gasteiger partial charge in [-0.1, -0.05) is 60.7 Å². The molecule has 0 aliphatic carbocycles. The van der Waals surface area contributed by atoms with E-state index in [2.05, 4.69) is 0 Å². The van der Waals surface area contributed by atoms with Gasteiger partial charge >= 0.3 is 0 Å². The van der Waals surface area contributed by atoms with Gasteiger partial charge in [0.15, 0.2) is 0 Å². The van der Waals surface area contributed by atoms with Gasteiger partial charge in [0.2, 0.25) is 6.20 Å². The van der Waals surface area contributed by atoms with Gasteiger partial charge in [-0.3, -0.25) is 10.1 Å². The summed E-state index contributed by atoms with van der Waals surface area (Å²) in [6, 6.07) is 19.8. The molecule has 0 N–H and O–H groups in total. The van der Waals surface area contributed by atoms with Crippen molar-refractivity contribution in [2.45, 2.75) is 13.1 Å². The van der Waals surface area contributed by atoms with E-state index in [-0.39, 0.29) is 0 Å². The van der Waals surface area contributed by atoms with Crippen LogP contribution < -0.4 is 0 Å². The minimum atomic E-state index is -0.441. The molecular formula is C16H16N2O2. The molecule has 20 heavy (non-hydrogen) atoms. The summed E-state index contributed by atoms with van der Waals surface area (Å²) in [5.41, 5.74) is 2.24. The molecule has 2 aromatic carbocycles. The first kappa shape index (κ1) is 13.8. The highest BCUT2D eigenvalue weighted by Gasteiger charge is 2.04. The Labute approximate surface area is 118 Å². The highest BCUT2D eigenvalue weighted by molar-refractivity contribution is 5.17. The fourth-order valence-corrected chi connectivity index (χ4v) is 1.95. The lowest BCUT2D eigenvalue weighted by atomic mass is 10.2. The quantitative estimate of drug-likeness (QED) is 0.595. The molecule has 0 heterocycles. The second kappa shape index (κ2) is 7.09. The number of nitrogens with zero attached hydrogens (tertiary/aromatic N) is 2. The number of benzene rings is 2. The molecule has 0 unspecified atom stereocenters. The monoisotopic (exact) mass is 268 g/mol. The van der Waals surface area contributed by atoms with Crippen LogP contribution in [0.15, 0.2) is 73.1 Å². The van der Waals surface area contributed by atoms with E-state index in [4.69, 9.17) is 0 Å². The third-order valence-electron chi connectivity index (χ3n) is 2.86. The van der Waals surface area contributed by atoms with E-state index < -0.39 is 4.92 Å². The second-order valence-corrected chi connectivity index (χ2v) is 4.46. The Balaban J connectivity index is 2.10. The molecule has 0 amide bonds. The van der Waals surface area contributed by atoms with Crippen LogP contribution in [0.2, 0.25) is 0 Å². The van der Waals surface area contributed by atoms with Crippen LogP contribution in [0, 0.1) is 10.1 Å². The molecule has 4 nitrogen and oxygen atoms in total. The zero-order valence-corrected chi connectivity index (χ0v) is 11.1. The summed E-state index contributed by atoms with van der Waals surface area (Å²) in [5, 5.41) is 10.5. The van der Waals surface area contributed by atoms with Gasteiger partial charge in [-0.2, -0.15) is 0 Å². The number of hydrogen-bond acceptors (Lipinski definition) is 3. The number of nitro groups is 1. The average Bonchev–Trinajstić information content (AvgIpc) is 2.47. The van der Waals surface area contributed by atoms with Crippen molar-refractivity contribution >= 4 is 0 Å². The molecule has 0 aliphatic heterocycles. The smallest absolute Gasteiger partial charge is 0.250 e. The summed E-state index contributed by atoms with van der Waals surface area (Å²) < 4.78 is 0. The van der Waals surface area contributed by atoms with Gasteiger partial charge in [-0.05, 0) is 11.1 Å². The first-order valence-electron chi connectivity index (χ1n) is 6.38. The lowest BCUT2D eigenvalue weighted by molar-refractivity contribution is -0.403.